The fourth-order valence-corrected chi connectivity index (χ4v) is 1.59. The van der Waals surface area contributed by atoms with Crippen molar-refractivity contribution in [1.82, 2.24) is 15.3 Å². The van der Waals surface area contributed by atoms with Gasteiger partial charge in [-0.3, -0.25) is 0 Å². The number of hydrogen-bond donors (Lipinski definition) is 1. The average molecular weight is 163 g/mol. The number of rotatable bonds is 1. The summed E-state index contributed by atoms with van der Waals surface area (Å²) in [4.78, 5) is 8.50. The Kier molecular flexibility index (Phi) is 2.32. The molecule has 1 N–H and O–H groups in total. The standard InChI is InChI=1S/C9H13N3/c1-3-8(7-10-4-1)9-11-5-2-6-12-9/h2,5-6,8,10H,1,3-4,7H2/t8-/m1/s1. The van der Waals surface area contributed by atoms with E-state index in [1.807, 2.05) is 18.5 Å². The minimum Gasteiger partial charge on any atom is -0.316 e. The van der Waals surface area contributed by atoms with Crippen LogP contribution in [0.1, 0.15) is 24.6 Å². The van der Waals surface area contributed by atoms with E-state index >= 15 is 0 Å². The number of aromatic nitrogens is 2. The van der Waals surface area contributed by atoms with E-state index in [1.54, 1.807) is 0 Å². The van der Waals surface area contributed by atoms with Gasteiger partial charge in [-0.1, -0.05) is 0 Å². The zero-order valence-corrected chi connectivity index (χ0v) is 7.03. The summed E-state index contributed by atoms with van der Waals surface area (Å²) in [6.45, 7) is 2.17. The first-order chi connectivity index (χ1) is 5.97. The molecule has 0 unspecified atom stereocenters. The van der Waals surface area contributed by atoms with E-state index < -0.39 is 0 Å². The first kappa shape index (κ1) is 7.68. The summed E-state index contributed by atoms with van der Waals surface area (Å²) < 4.78 is 0. The summed E-state index contributed by atoms with van der Waals surface area (Å²) in [6, 6.07) is 1.86. The molecule has 12 heavy (non-hydrogen) atoms. The predicted molar refractivity (Wildman–Crippen MR) is 46.9 cm³/mol. The van der Waals surface area contributed by atoms with Crippen LogP contribution in [0.3, 0.4) is 0 Å². The number of nitrogens with zero attached hydrogens (tertiary/aromatic N) is 2. The number of piperidine rings is 1. The summed E-state index contributed by atoms with van der Waals surface area (Å²) in [7, 11) is 0. The molecule has 1 saturated heterocycles. The lowest BCUT2D eigenvalue weighted by Gasteiger charge is -2.20. The van der Waals surface area contributed by atoms with Crippen LogP contribution >= 0.6 is 0 Å². The number of hydrogen-bond acceptors (Lipinski definition) is 3. The minimum atomic E-state index is 0.528. The van der Waals surface area contributed by atoms with Gasteiger partial charge >= 0.3 is 0 Å². The Labute approximate surface area is 72.2 Å². The fraction of sp³-hybridized carbons (Fsp3) is 0.556. The van der Waals surface area contributed by atoms with Crippen molar-refractivity contribution in [2.24, 2.45) is 0 Å². The zero-order chi connectivity index (χ0) is 8.23. The minimum absolute atomic E-state index is 0.528. The molecular weight excluding hydrogens is 150 g/mol. The predicted octanol–water partition coefficient (Wildman–Crippen LogP) is 0.944. The molecule has 0 bridgehead atoms. The van der Waals surface area contributed by atoms with Crippen LogP contribution in [0, 0.1) is 0 Å². The molecule has 0 spiro atoms. The topological polar surface area (TPSA) is 37.8 Å². The first-order valence-electron chi connectivity index (χ1n) is 4.44. The Morgan fingerprint density at radius 2 is 2.17 bits per heavy atom. The molecule has 1 aromatic rings. The van der Waals surface area contributed by atoms with Gasteiger partial charge < -0.3 is 5.32 Å². The smallest absolute Gasteiger partial charge is 0.132 e. The van der Waals surface area contributed by atoms with Crippen LogP contribution in [0.5, 0.6) is 0 Å². The van der Waals surface area contributed by atoms with Gasteiger partial charge in [-0.05, 0) is 25.5 Å². The van der Waals surface area contributed by atoms with Crippen molar-refractivity contribution in [2.45, 2.75) is 18.8 Å². The quantitative estimate of drug-likeness (QED) is 0.669. The van der Waals surface area contributed by atoms with E-state index in [0.29, 0.717) is 5.92 Å². The van der Waals surface area contributed by atoms with Gasteiger partial charge in [0.25, 0.3) is 0 Å². The second-order valence-electron chi connectivity index (χ2n) is 3.15. The average Bonchev–Trinajstić information content (AvgIpc) is 2.21. The van der Waals surface area contributed by atoms with Gasteiger partial charge in [0.05, 0.1) is 0 Å². The van der Waals surface area contributed by atoms with Crippen molar-refractivity contribution < 1.29 is 0 Å². The molecule has 0 radical (unpaired) electrons. The second kappa shape index (κ2) is 3.63. The third kappa shape index (κ3) is 1.61. The van der Waals surface area contributed by atoms with Crippen LogP contribution in [0.2, 0.25) is 0 Å². The summed E-state index contributed by atoms with van der Waals surface area (Å²) >= 11 is 0. The highest BCUT2D eigenvalue weighted by atomic mass is 14.9. The van der Waals surface area contributed by atoms with Crippen molar-refractivity contribution >= 4 is 0 Å². The molecule has 64 valence electrons. The Morgan fingerprint density at radius 1 is 1.33 bits per heavy atom. The van der Waals surface area contributed by atoms with Gasteiger partial charge in [0.2, 0.25) is 0 Å². The van der Waals surface area contributed by atoms with Gasteiger partial charge in [0.1, 0.15) is 5.82 Å². The van der Waals surface area contributed by atoms with Crippen LogP contribution in [0.25, 0.3) is 0 Å². The SMILES string of the molecule is c1cnc([C@@H]2CCCNC2)nc1. The van der Waals surface area contributed by atoms with Crippen molar-refractivity contribution in [3.8, 4) is 0 Å². The molecule has 1 aliphatic rings. The molecule has 0 aromatic carbocycles. The van der Waals surface area contributed by atoms with Crippen LogP contribution in [-0.2, 0) is 0 Å². The normalized spacial score (nSPS) is 23.8. The molecule has 0 aliphatic carbocycles. The molecular formula is C9H13N3. The Hall–Kier alpha value is -0.960. The molecule has 0 amide bonds. The summed E-state index contributed by atoms with van der Waals surface area (Å²) in [5.41, 5.74) is 0. The van der Waals surface area contributed by atoms with Crippen molar-refractivity contribution in [3.63, 3.8) is 0 Å². The highest BCUT2D eigenvalue weighted by Gasteiger charge is 2.16. The van der Waals surface area contributed by atoms with Crippen molar-refractivity contribution in [2.75, 3.05) is 13.1 Å². The first-order valence-corrected chi connectivity index (χ1v) is 4.44. The molecule has 0 saturated carbocycles. The summed E-state index contributed by atoms with van der Waals surface area (Å²) in [5.74, 6) is 1.52. The lowest BCUT2D eigenvalue weighted by molar-refractivity contribution is 0.446. The van der Waals surface area contributed by atoms with E-state index in [9.17, 15) is 0 Å². The van der Waals surface area contributed by atoms with E-state index in [1.165, 1.54) is 12.8 Å². The lowest BCUT2D eigenvalue weighted by atomic mass is 9.99. The van der Waals surface area contributed by atoms with Gasteiger partial charge in [0.15, 0.2) is 0 Å². The maximum atomic E-state index is 4.25. The molecule has 3 heteroatoms. The van der Waals surface area contributed by atoms with Gasteiger partial charge in [-0.15, -0.1) is 0 Å². The monoisotopic (exact) mass is 163 g/mol. The van der Waals surface area contributed by atoms with Crippen molar-refractivity contribution in [3.05, 3.63) is 24.3 Å². The molecule has 2 heterocycles. The van der Waals surface area contributed by atoms with Crippen LogP contribution < -0.4 is 5.32 Å². The van der Waals surface area contributed by atoms with Gasteiger partial charge in [-0.2, -0.15) is 0 Å². The van der Waals surface area contributed by atoms with Crippen molar-refractivity contribution in [1.29, 1.82) is 0 Å². The highest BCUT2D eigenvalue weighted by Crippen LogP contribution is 2.18. The van der Waals surface area contributed by atoms with E-state index in [2.05, 4.69) is 15.3 Å². The zero-order valence-electron chi connectivity index (χ0n) is 7.03. The molecule has 3 nitrogen and oxygen atoms in total. The molecule has 1 fully saturated rings. The highest BCUT2D eigenvalue weighted by molar-refractivity contribution is 4.99. The Morgan fingerprint density at radius 3 is 2.83 bits per heavy atom. The maximum absolute atomic E-state index is 4.25. The largest absolute Gasteiger partial charge is 0.316 e. The molecule has 1 aliphatic heterocycles. The van der Waals surface area contributed by atoms with E-state index in [4.69, 9.17) is 0 Å². The Bertz CT molecular complexity index is 229. The maximum Gasteiger partial charge on any atom is 0.132 e. The molecule has 1 aromatic heterocycles. The third-order valence-electron chi connectivity index (χ3n) is 2.25. The molecule has 2 rings (SSSR count). The third-order valence-corrected chi connectivity index (χ3v) is 2.25. The summed E-state index contributed by atoms with van der Waals surface area (Å²) in [5, 5.41) is 3.35. The lowest BCUT2D eigenvalue weighted by Crippen LogP contribution is -2.29. The number of nitrogens with one attached hydrogen (secondary N) is 1. The van der Waals surface area contributed by atoms with Crippen LogP contribution in [0.15, 0.2) is 18.5 Å². The van der Waals surface area contributed by atoms with Crippen LogP contribution in [0.4, 0.5) is 0 Å². The molecule has 1 atom stereocenters. The van der Waals surface area contributed by atoms with Gasteiger partial charge in [0, 0.05) is 24.9 Å². The van der Waals surface area contributed by atoms with Crippen LogP contribution in [-0.4, -0.2) is 23.1 Å². The summed E-state index contributed by atoms with van der Waals surface area (Å²) in [6.07, 6.45) is 6.09. The fourth-order valence-electron chi connectivity index (χ4n) is 1.59. The van der Waals surface area contributed by atoms with E-state index in [0.717, 1.165) is 18.9 Å². The van der Waals surface area contributed by atoms with Gasteiger partial charge in [-0.25, -0.2) is 9.97 Å². The Balaban J connectivity index is 2.08. The second-order valence-corrected chi connectivity index (χ2v) is 3.15. The van der Waals surface area contributed by atoms with E-state index in [-0.39, 0.29) is 0 Å².